The van der Waals surface area contributed by atoms with Gasteiger partial charge in [-0.1, -0.05) is 24.3 Å². The fraction of sp³-hybridized carbons (Fsp3) is 0.0476. The highest BCUT2D eigenvalue weighted by molar-refractivity contribution is 8.03. The fourth-order valence-electron chi connectivity index (χ4n) is 2.90. The molecule has 1 aromatic heterocycles. The third-order valence-corrected chi connectivity index (χ3v) is 5.30. The van der Waals surface area contributed by atoms with E-state index in [4.69, 9.17) is 4.42 Å². The molecule has 0 saturated carbocycles. The summed E-state index contributed by atoms with van der Waals surface area (Å²) in [6.45, 7) is 0. The molecule has 0 saturated heterocycles. The van der Waals surface area contributed by atoms with Crippen molar-refractivity contribution in [3.8, 4) is 0 Å². The Hall–Kier alpha value is -3.19. The fourth-order valence-corrected chi connectivity index (χ4v) is 3.92. The van der Waals surface area contributed by atoms with E-state index in [0.717, 1.165) is 16.7 Å². The number of hydrogen-bond acceptors (Lipinski definition) is 4. The highest BCUT2D eigenvalue weighted by Crippen LogP contribution is 2.40. The molecule has 1 aliphatic rings. The van der Waals surface area contributed by atoms with E-state index < -0.39 is 23.4 Å². The molecule has 0 spiro atoms. The first kappa shape index (κ1) is 18.2. The average molecular weight is 397 g/mol. The van der Waals surface area contributed by atoms with Crippen molar-refractivity contribution in [2.24, 2.45) is 0 Å². The van der Waals surface area contributed by atoms with Crippen LogP contribution in [0.3, 0.4) is 0 Å². The van der Waals surface area contributed by atoms with Gasteiger partial charge < -0.3 is 4.42 Å². The lowest BCUT2D eigenvalue weighted by Crippen LogP contribution is -2.32. The Morgan fingerprint density at radius 1 is 0.893 bits per heavy atom. The van der Waals surface area contributed by atoms with Crippen LogP contribution in [0, 0.1) is 11.6 Å². The van der Waals surface area contributed by atoms with E-state index in [-0.39, 0.29) is 16.2 Å². The Labute approximate surface area is 163 Å². The molecule has 4 rings (SSSR count). The van der Waals surface area contributed by atoms with Crippen LogP contribution in [0.2, 0.25) is 0 Å². The Morgan fingerprint density at radius 2 is 1.64 bits per heavy atom. The molecule has 28 heavy (non-hydrogen) atoms. The topological polar surface area (TPSA) is 50.5 Å². The lowest BCUT2D eigenvalue weighted by atomic mass is 10.1. The molecule has 2 amide bonds. The Balaban J connectivity index is 1.77. The first-order chi connectivity index (χ1) is 13.6. The summed E-state index contributed by atoms with van der Waals surface area (Å²) in [6.07, 6.45) is 1.51. The third-order valence-electron chi connectivity index (χ3n) is 4.21. The first-order valence-corrected chi connectivity index (χ1v) is 9.33. The van der Waals surface area contributed by atoms with Crippen molar-refractivity contribution in [1.29, 1.82) is 0 Å². The second-order valence-corrected chi connectivity index (χ2v) is 6.96. The zero-order chi connectivity index (χ0) is 19.7. The second kappa shape index (κ2) is 7.44. The number of imide groups is 1. The Bertz CT molecular complexity index is 1080. The molecular formula is C21H13F2NO3S. The van der Waals surface area contributed by atoms with Gasteiger partial charge in [-0.05, 0) is 42.0 Å². The van der Waals surface area contributed by atoms with E-state index >= 15 is 0 Å². The summed E-state index contributed by atoms with van der Waals surface area (Å²) >= 11 is 1.12. The SMILES string of the molecule is O=C1C(SCc2ccco2)=C(c2ccc(F)cc2)C(=O)N1c1ccccc1F. The summed E-state index contributed by atoms with van der Waals surface area (Å²) in [6, 6.07) is 14.3. The van der Waals surface area contributed by atoms with Crippen molar-refractivity contribution in [3.63, 3.8) is 0 Å². The molecule has 3 aromatic rings. The van der Waals surface area contributed by atoms with Crippen LogP contribution in [0.5, 0.6) is 0 Å². The molecule has 2 aromatic carbocycles. The van der Waals surface area contributed by atoms with E-state index in [9.17, 15) is 18.4 Å². The molecule has 140 valence electrons. The predicted molar refractivity (Wildman–Crippen MR) is 102 cm³/mol. The molecular weight excluding hydrogens is 384 g/mol. The molecule has 0 N–H and O–H groups in total. The van der Waals surface area contributed by atoms with Crippen LogP contribution >= 0.6 is 11.8 Å². The van der Waals surface area contributed by atoms with E-state index in [0.29, 0.717) is 17.1 Å². The van der Waals surface area contributed by atoms with Crippen LogP contribution in [0.25, 0.3) is 5.57 Å². The predicted octanol–water partition coefficient (Wildman–Crippen LogP) is 4.78. The van der Waals surface area contributed by atoms with Gasteiger partial charge in [-0.15, -0.1) is 11.8 Å². The minimum Gasteiger partial charge on any atom is -0.468 e. The zero-order valence-electron chi connectivity index (χ0n) is 14.4. The van der Waals surface area contributed by atoms with Gasteiger partial charge in [0.1, 0.15) is 17.4 Å². The minimum absolute atomic E-state index is 0.116. The zero-order valence-corrected chi connectivity index (χ0v) is 15.2. The number of benzene rings is 2. The summed E-state index contributed by atoms with van der Waals surface area (Å²) in [5.41, 5.74) is 0.385. The molecule has 0 aliphatic carbocycles. The minimum atomic E-state index is -0.681. The summed E-state index contributed by atoms with van der Waals surface area (Å²) in [5.74, 6) is -1.47. The highest BCUT2D eigenvalue weighted by atomic mass is 32.2. The van der Waals surface area contributed by atoms with Crippen molar-refractivity contribution in [2.75, 3.05) is 4.90 Å². The lowest BCUT2D eigenvalue weighted by molar-refractivity contribution is -0.119. The van der Waals surface area contributed by atoms with Gasteiger partial charge in [0.15, 0.2) is 0 Å². The highest BCUT2D eigenvalue weighted by Gasteiger charge is 2.41. The number of furan rings is 1. The van der Waals surface area contributed by atoms with Crippen LogP contribution in [0.15, 0.2) is 76.2 Å². The van der Waals surface area contributed by atoms with Gasteiger partial charge in [0.2, 0.25) is 0 Å². The number of nitrogens with zero attached hydrogens (tertiary/aromatic N) is 1. The van der Waals surface area contributed by atoms with Crippen molar-refractivity contribution in [2.45, 2.75) is 5.75 Å². The van der Waals surface area contributed by atoms with Crippen LogP contribution in [-0.4, -0.2) is 11.8 Å². The average Bonchev–Trinajstić information content (AvgIpc) is 3.28. The van der Waals surface area contributed by atoms with Gasteiger partial charge in [0.25, 0.3) is 11.8 Å². The number of carbonyl (C=O) groups is 2. The molecule has 4 nitrogen and oxygen atoms in total. The van der Waals surface area contributed by atoms with Crippen molar-refractivity contribution in [3.05, 3.63) is 94.8 Å². The number of thioether (sulfide) groups is 1. The number of carbonyl (C=O) groups excluding carboxylic acids is 2. The van der Waals surface area contributed by atoms with Crippen molar-refractivity contribution in [1.82, 2.24) is 0 Å². The summed E-state index contributed by atoms with van der Waals surface area (Å²) < 4.78 is 32.9. The van der Waals surface area contributed by atoms with E-state index in [1.165, 1.54) is 48.7 Å². The largest absolute Gasteiger partial charge is 0.468 e. The number of anilines is 1. The smallest absolute Gasteiger partial charge is 0.272 e. The van der Waals surface area contributed by atoms with Gasteiger partial charge in [-0.25, -0.2) is 13.7 Å². The molecule has 7 heteroatoms. The summed E-state index contributed by atoms with van der Waals surface area (Å²) in [7, 11) is 0. The van der Waals surface area contributed by atoms with Crippen LogP contribution in [0.1, 0.15) is 11.3 Å². The number of rotatable bonds is 5. The molecule has 0 unspecified atom stereocenters. The first-order valence-electron chi connectivity index (χ1n) is 8.35. The van der Waals surface area contributed by atoms with Gasteiger partial charge >= 0.3 is 0 Å². The Kier molecular flexibility index (Phi) is 4.83. The summed E-state index contributed by atoms with van der Waals surface area (Å²) in [4.78, 5) is 27.1. The molecule has 0 atom stereocenters. The maximum absolute atomic E-state index is 14.3. The molecule has 0 radical (unpaired) electrons. The van der Waals surface area contributed by atoms with Gasteiger partial charge in [-0.2, -0.15) is 0 Å². The van der Waals surface area contributed by atoms with Crippen LogP contribution in [0.4, 0.5) is 14.5 Å². The standard InChI is InChI=1S/C21H13F2NO3S/c22-14-9-7-13(8-10-14)18-19(28-12-15-4-3-11-27-15)21(26)24(20(18)25)17-6-2-1-5-16(17)23/h1-11H,12H2. The monoisotopic (exact) mass is 397 g/mol. The number of hydrogen-bond donors (Lipinski definition) is 0. The number of halogens is 2. The molecule has 2 heterocycles. The third kappa shape index (κ3) is 3.25. The van der Waals surface area contributed by atoms with Crippen LogP contribution in [-0.2, 0) is 15.3 Å². The van der Waals surface area contributed by atoms with E-state index in [2.05, 4.69) is 0 Å². The molecule has 0 fully saturated rings. The van der Waals surface area contributed by atoms with Crippen molar-refractivity contribution >= 4 is 34.8 Å². The number of para-hydroxylation sites is 1. The molecule has 1 aliphatic heterocycles. The Morgan fingerprint density at radius 3 is 2.32 bits per heavy atom. The normalized spacial score (nSPS) is 14.3. The van der Waals surface area contributed by atoms with Crippen molar-refractivity contribution < 1.29 is 22.8 Å². The summed E-state index contributed by atoms with van der Waals surface area (Å²) in [5, 5.41) is 0. The van der Waals surface area contributed by atoms with Gasteiger partial charge in [0, 0.05) is 0 Å². The lowest BCUT2D eigenvalue weighted by Gasteiger charge is -2.15. The van der Waals surface area contributed by atoms with Gasteiger partial charge in [-0.3, -0.25) is 9.59 Å². The number of amides is 2. The van der Waals surface area contributed by atoms with E-state index in [1.807, 2.05) is 0 Å². The second-order valence-electron chi connectivity index (χ2n) is 5.98. The maximum Gasteiger partial charge on any atom is 0.272 e. The maximum atomic E-state index is 14.3. The molecule has 0 bridgehead atoms. The quantitative estimate of drug-likeness (QED) is 0.582. The van der Waals surface area contributed by atoms with Crippen LogP contribution < -0.4 is 4.90 Å². The van der Waals surface area contributed by atoms with E-state index in [1.54, 1.807) is 18.2 Å². The van der Waals surface area contributed by atoms with Gasteiger partial charge in [0.05, 0.1) is 28.2 Å².